The van der Waals surface area contributed by atoms with Gasteiger partial charge in [0.25, 0.3) is 0 Å². The number of halogens is 4. The van der Waals surface area contributed by atoms with Crippen LogP contribution in [0.15, 0.2) is 4.99 Å². The highest BCUT2D eigenvalue weighted by atomic mass is 127. The first-order valence-corrected chi connectivity index (χ1v) is 9.12. The van der Waals surface area contributed by atoms with Gasteiger partial charge in [0, 0.05) is 32.8 Å². The molecule has 1 heterocycles. The summed E-state index contributed by atoms with van der Waals surface area (Å²) in [4.78, 5) is 6.90. The molecule has 2 aliphatic rings. The number of hydrogen-bond acceptors (Lipinski definition) is 2. The summed E-state index contributed by atoms with van der Waals surface area (Å²) in [5, 5.41) is 3.32. The number of likely N-dealkylation sites (tertiary alicyclic amines) is 1. The molecule has 1 N–H and O–H groups in total. The van der Waals surface area contributed by atoms with Crippen LogP contribution in [0.5, 0.6) is 0 Å². The molecule has 1 saturated heterocycles. The van der Waals surface area contributed by atoms with Crippen molar-refractivity contribution in [2.24, 2.45) is 10.4 Å². The zero-order valence-corrected chi connectivity index (χ0v) is 17.4. The molecule has 0 amide bonds. The van der Waals surface area contributed by atoms with Crippen LogP contribution in [0.2, 0.25) is 0 Å². The van der Waals surface area contributed by atoms with Gasteiger partial charge in [-0.3, -0.25) is 4.99 Å². The second-order valence-corrected chi connectivity index (χ2v) is 6.99. The van der Waals surface area contributed by atoms with Crippen LogP contribution in [-0.4, -0.2) is 56.4 Å². The standard InChI is InChI=1S/C17H30F3N3O.HI/c1-2-21-15(22-10-6-12-24-14-17(18,19)20)23-11-9-16(13-23)7-4-3-5-8-16;/h2-14H2,1H3,(H,21,22);1H. The smallest absolute Gasteiger partial charge is 0.372 e. The molecule has 25 heavy (non-hydrogen) atoms. The maximum absolute atomic E-state index is 12.0. The average Bonchev–Trinajstić information content (AvgIpc) is 2.92. The molecular formula is C17H31F3IN3O. The molecule has 1 saturated carbocycles. The molecule has 1 aliphatic carbocycles. The lowest BCUT2D eigenvalue weighted by Gasteiger charge is -2.33. The second-order valence-electron chi connectivity index (χ2n) is 6.99. The zero-order chi connectivity index (χ0) is 17.5. The van der Waals surface area contributed by atoms with Crippen LogP contribution in [0.1, 0.15) is 51.9 Å². The van der Waals surface area contributed by atoms with E-state index < -0.39 is 12.8 Å². The molecule has 1 spiro atoms. The minimum atomic E-state index is -4.25. The lowest BCUT2D eigenvalue weighted by Crippen LogP contribution is -2.41. The van der Waals surface area contributed by atoms with E-state index in [4.69, 9.17) is 0 Å². The highest BCUT2D eigenvalue weighted by Gasteiger charge is 2.39. The maximum atomic E-state index is 12.0. The Balaban J connectivity index is 0.00000312. The summed E-state index contributed by atoms with van der Waals surface area (Å²) in [5.41, 5.74) is 0.463. The number of guanidine groups is 1. The molecule has 148 valence electrons. The van der Waals surface area contributed by atoms with Gasteiger partial charge in [0.1, 0.15) is 6.61 Å². The van der Waals surface area contributed by atoms with E-state index in [0.29, 0.717) is 18.4 Å². The fourth-order valence-corrected chi connectivity index (χ4v) is 3.79. The fourth-order valence-electron chi connectivity index (χ4n) is 3.79. The molecule has 0 bridgehead atoms. The van der Waals surface area contributed by atoms with E-state index in [-0.39, 0.29) is 30.6 Å². The topological polar surface area (TPSA) is 36.9 Å². The van der Waals surface area contributed by atoms with Crippen LogP contribution in [0.25, 0.3) is 0 Å². The predicted molar refractivity (Wildman–Crippen MR) is 105 cm³/mol. The molecule has 1 aliphatic heterocycles. The second kappa shape index (κ2) is 10.8. The van der Waals surface area contributed by atoms with E-state index in [0.717, 1.165) is 25.6 Å². The molecule has 0 atom stereocenters. The Morgan fingerprint density at radius 2 is 1.92 bits per heavy atom. The number of aliphatic imine (C=N–C) groups is 1. The van der Waals surface area contributed by atoms with Gasteiger partial charge in [0.15, 0.2) is 5.96 Å². The SMILES string of the molecule is CCNC(=NCCCOCC(F)(F)F)N1CCC2(CCCCC2)C1.I. The van der Waals surface area contributed by atoms with Crippen molar-refractivity contribution in [3.63, 3.8) is 0 Å². The van der Waals surface area contributed by atoms with E-state index in [1.54, 1.807) is 0 Å². The number of nitrogens with one attached hydrogen (secondary N) is 1. The Hall–Kier alpha value is -0.250. The Labute approximate surface area is 166 Å². The number of hydrogen-bond donors (Lipinski definition) is 1. The number of nitrogens with zero attached hydrogens (tertiary/aromatic N) is 2. The first-order valence-electron chi connectivity index (χ1n) is 9.12. The Kier molecular flexibility index (Phi) is 9.84. The van der Waals surface area contributed by atoms with Crippen LogP contribution < -0.4 is 5.32 Å². The van der Waals surface area contributed by atoms with Crippen molar-refractivity contribution in [3.8, 4) is 0 Å². The van der Waals surface area contributed by atoms with E-state index in [1.807, 2.05) is 6.92 Å². The third-order valence-corrected chi connectivity index (χ3v) is 4.96. The van der Waals surface area contributed by atoms with Gasteiger partial charge in [-0.25, -0.2) is 0 Å². The molecule has 0 aromatic carbocycles. The summed E-state index contributed by atoms with van der Waals surface area (Å²) in [6.45, 7) is 4.32. The molecule has 2 rings (SSSR count). The van der Waals surface area contributed by atoms with E-state index in [1.165, 1.54) is 38.5 Å². The molecular weight excluding hydrogens is 446 g/mol. The molecule has 0 aromatic rings. The highest BCUT2D eigenvalue weighted by Crippen LogP contribution is 2.43. The summed E-state index contributed by atoms with van der Waals surface area (Å²) in [5.74, 6) is 0.899. The van der Waals surface area contributed by atoms with Gasteiger partial charge < -0.3 is 15.0 Å². The van der Waals surface area contributed by atoms with Crippen molar-refractivity contribution in [3.05, 3.63) is 0 Å². The third-order valence-electron chi connectivity index (χ3n) is 4.96. The van der Waals surface area contributed by atoms with Crippen molar-refractivity contribution in [1.29, 1.82) is 0 Å². The van der Waals surface area contributed by atoms with E-state index in [2.05, 4.69) is 19.9 Å². The van der Waals surface area contributed by atoms with Gasteiger partial charge in [0.2, 0.25) is 0 Å². The van der Waals surface area contributed by atoms with Gasteiger partial charge in [0.05, 0.1) is 0 Å². The van der Waals surface area contributed by atoms with Crippen molar-refractivity contribution >= 4 is 29.9 Å². The summed E-state index contributed by atoms with van der Waals surface area (Å²) >= 11 is 0. The summed E-state index contributed by atoms with van der Waals surface area (Å²) < 4.78 is 40.6. The van der Waals surface area contributed by atoms with Crippen molar-refractivity contribution in [2.75, 3.05) is 39.4 Å². The lowest BCUT2D eigenvalue weighted by molar-refractivity contribution is -0.173. The first-order chi connectivity index (χ1) is 11.4. The molecule has 0 radical (unpaired) electrons. The molecule has 4 nitrogen and oxygen atoms in total. The Morgan fingerprint density at radius 1 is 1.20 bits per heavy atom. The quantitative estimate of drug-likeness (QED) is 0.270. The minimum absolute atomic E-state index is 0. The van der Waals surface area contributed by atoms with Crippen molar-refractivity contribution < 1.29 is 17.9 Å². The van der Waals surface area contributed by atoms with Crippen LogP contribution in [0.3, 0.4) is 0 Å². The molecule has 0 unspecified atom stereocenters. The van der Waals surface area contributed by atoms with Crippen LogP contribution >= 0.6 is 24.0 Å². The van der Waals surface area contributed by atoms with E-state index in [9.17, 15) is 13.2 Å². The van der Waals surface area contributed by atoms with Crippen LogP contribution in [-0.2, 0) is 4.74 Å². The molecule has 2 fully saturated rings. The van der Waals surface area contributed by atoms with Gasteiger partial charge in [-0.05, 0) is 38.0 Å². The molecule has 8 heteroatoms. The molecule has 0 aromatic heterocycles. The first kappa shape index (κ1) is 22.8. The maximum Gasteiger partial charge on any atom is 0.411 e. The third kappa shape index (κ3) is 7.88. The predicted octanol–water partition coefficient (Wildman–Crippen LogP) is 4.20. The fraction of sp³-hybridized carbons (Fsp3) is 0.941. The van der Waals surface area contributed by atoms with Gasteiger partial charge in [-0.2, -0.15) is 13.2 Å². The average molecular weight is 477 g/mol. The largest absolute Gasteiger partial charge is 0.411 e. The lowest BCUT2D eigenvalue weighted by atomic mass is 9.73. The summed E-state index contributed by atoms with van der Waals surface area (Å²) in [6.07, 6.45) is 4.13. The monoisotopic (exact) mass is 477 g/mol. The zero-order valence-electron chi connectivity index (χ0n) is 15.0. The normalized spacial score (nSPS) is 20.6. The highest BCUT2D eigenvalue weighted by molar-refractivity contribution is 14.0. The van der Waals surface area contributed by atoms with Gasteiger partial charge >= 0.3 is 6.18 Å². The minimum Gasteiger partial charge on any atom is -0.372 e. The van der Waals surface area contributed by atoms with Gasteiger partial charge in [-0.15, -0.1) is 24.0 Å². The van der Waals surface area contributed by atoms with Crippen LogP contribution in [0, 0.1) is 5.41 Å². The summed E-state index contributed by atoms with van der Waals surface area (Å²) in [7, 11) is 0. The van der Waals surface area contributed by atoms with Crippen molar-refractivity contribution in [2.45, 2.75) is 58.0 Å². The number of ether oxygens (including phenoxy) is 1. The Bertz CT molecular complexity index is 412. The summed E-state index contributed by atoms with van der Waals surface area (Å²) in [6, 6.07) is 0. The van der Waals surface area contributed by atoms with Crippen molar-refractivity contribution in [1.82, 2.24) is 10.2 Å². The number of rotatable bonds is 6. The Morgan fingerprint density at radius 3 is 2.56 bits per heavy atom. The number of alkyl halides is 3. The van der Waals surface area contributed by atoms with Crippen LogP contribution in [0.4, 0.5) is 13.2 Å². The van der Waals surface area contributed by atoms with E-state index >= 15 is 0 Å². The van der Waals surface area contributed by atoms with Gasteiger partial charge in [-0.1, -0.05) is 19.3 Å².